The predicted molar refractivity (Wildman–Crippen MR) is 140 cm³/mol. The van der Waals surface area contributed by atoms with Crippen molar-refractivity contribution in [2.24, 2.45) is 0 Å². The number of Topliss-reactive ketones (excluding diaryl/α,β-unsaturated/α-hetero) is 1. The molecule has 1 aliphatic heterocycles. The second-order valence-corrected chi connectivity index (χ2v) is 9.53. The minimum absolute atomic E-state index is 0.0272. The molecular weight excluding hydrogens is 440 g/mol. The van der Waals surface area contributed by atoms with Gasteiger partial charge in [0.15, 0.2) is 0 Å². The first-order chi connectivity index (χ1) is 16.7. The SMILES string of the molecule is CCN(CC)CCN1C(=O)C(=O)/C(=C(/O)c2ccc(OC(C)C)cc2)[C@@H]1c1ccc(C(C)C)cc1. The lowest BCUT2D eigenvalue weighted by Crippen LogP contribution is -2.38. The molecule has 1 amide bonds. The Kier molecular flexibility index (Phi) is 8.73. The number of rotatable bonds is 10. The first-order valence-electron chi connectivity index (χ1n) is 12.6. The molecule has 1 saturated heterocycles. The van der Waals surface area contributed by atoms with Gasteiger partial charge in [-0.15, -0.1) is 0 Å². The number of likely N-dealkylation sites (N-methyl/N-ethyl adjacent to an activating group) is 1. The lowest BCUT2D eigenvalue weighted by molar-refractivity contribution is -0.140. The lowest BCUT2D eigenvalue weighted by atomic mass is 9.93. The zero-order valence-corrected chi connectivity index (χ0v) is 21.7. The minimum atomic E-state index is -0.650. The summed E-state index contributed by atoms with van der Waals surface area (Å²) in [6.45, 7) is 15.1. The van der Waals surface area contributed by atoms with Crippen molar-refractivity contribution in [3.63, 3.8) is 0 Å². The maximum absolute atomic E-state index is 13.2. The molecule has 188 valence electrons. The summed E-state index contributed by atoms with van der Waals surface area (Å²) >= 11 is 0. The van der Waals surface area contributed by atoms with Crippen LogP contribution in [0.1, 0.15) is 70.2 Å². The first-order valence-corrected chi connectivity index (χ1v) is 12.6. The van der Waals surface area contributed by atoms with Gasteiger partial charge in [-0.3, -0.25) is 9.59 Å². The summed E-state index contributed by atoms with van der Waals surface area (Å²) in [7, 11) is 0. The Labute approximate surface area is 209 Å². The Morgan fingerprint density at radius 1 is 0.971 bits per heavy atom. The van der Waals surface area contributed by atoms with Gasteiger partial charge >= 0.3 is 0 Å². The lowest BCUT2D eigenvalue weighted by Gasteiger charge is -2.28. The molecule has 3 rings (SSSR count). The summed E-state index contributed by atoms with van der Waals surface area (Å²) < 4.78 is 5.69. The molecule has 1 fully saturated rings. The number of hydrogen-bond acceptors (Lipinski definition) is 5. The fourth-order valence-electron chi connectivity index (χ4n) is 4.43. The van der Waals surface area contributed by atoms with Crippen molar-refractivity contribution in [1.29, 1.82) is 0 Å². The molecule has 0 unspecified atom stereocenters. The van der Waals surface area contributed by atoms with Crippen LogP contribution >= 0.6 is 0 Å². The van der Waals surface area contributed by atoms with Crippen LogP contribution in [0, 0.1) is 0 Å². The van der Waals surface area contributed by atoms with E-state index < -0.39 is 17.7 Å². The van der Waals surface area contributed by atoms with Gasteiger partial charge in [-0.2, -0.15) is 0 Å². The molecule has 0 aliphatic carbocycles. The number of amides is 1. The molecule has 6 heteroatoms. The molecule has 0 saturated carbocycles. The van der Waals surface area contributed by atoms with E-state index in [-0.39, 0.29) is 17.4 Å². The van der Waals surface area contributed by atoms with Crippen LogP contribution in [0.15, 0.2) is 54.1 Å². The van der Waals surface area contributed by atoms with Gasteiger partial charge in [-0.05, 0) is 68.2 Å². The van der Waals surface area contributed by atoms with E-state index in [1.54, 1.807) is 29.2 Å². The minimum Gasteiger partial charge on any atom is -0.507 e. The number of carbonyl (C=O) groups is 2. The molecule has 1 atom stereocenters. The summed E-state index contributed by atoms with van der Waals surface area (Å²) in [5.41, 5.74) is 2.60. The Balaban J connectivity index is 2.05. The Morgan fingerprint density at radius 3 is 2.09 bits per heavy atom. The Hall–Kier alpha value is -3.12. The number of hydrogen-bond donors (Lipinski definition) is 1. The highest BCUT2D eigenvalue weighted by atomic mass is 16.5. The van der Waals surface area contributed by atoms with Gasteiger partial charge in [0.05, 0.1) is 17.7 Å². The smallest absolute Gasteiger partial charge is 0.295 e. The standard InChI is InChI=1S/C29H38N2O4/c1-7-30(8-2)17-18-31-26(22-11-9-21(10-12-22)19(3)4)25(28(33)29(31)34)27(32)23-13-15-24(16-14-23)35-20(5)6/h9-16,19-20,26,32H,7-8,17-18H2,1-6H3/b27-25+/t26-/m0/s1. The number of ketones is 1. The first kappa shape index (κ1) is 26.5. The Morgan fingerprint density at radius 2 is 1.57 bits per heavy atom. The van der Waals surface area contributed by atoms with Gasteiger partial charge in [0.25, 0.3) is 11.7 Å². The number of benzene rings is 2. The van der Waals surface area contributed by atoms with Gasteiger partial charge in [-0.1, -0.05) is 52.0 Å². The molecule has 2 aromatic carbocycles. The van der Waals surface area contributed by atoms with E-state index in [0.717, 1.165) is 18.7 Å². The van der Waals surface area contributed by atoms with Crippen LogP contribution in [0.4, 0.5) is 0 Å². The zero-order valence-electron chi connectivity index (χ0n) is 21.7. The average Bonchev–Trinajstić information content (AvgIpc) is 3.09. The highest BCUT2D eigenvalue weighted by Gasteiger charge is 2.45. The van der Waals surface area contributed by atoms with E-state index in [1.807, 2.05) is 38.1 Å². The molecule has 1 heterocycles. The third-order valence-electron chi connectivity index (χ3n) is 6.51. The number of aliphatic hydroxyl groups is 1. The van der Waals surface area contributed by atoms with Crippen molar-refractivity contribution in [1.82, 2.24) is 9.80 Å². The molecule has 1 N–H and O–H groups in total. The van der Waals surface area contributed by atoms with Crippen molar-refractivity contribution < 1.29 is 19.4 Å². The molecule has 0 bridgehead atoms. The molecular formula is C29H38N2O4. The fourth-order valence-corrected chi connectivity index (χ4v) is 4.43. The number of carbonyl (C=O) groups excluding carboxylic acids is 2. The third kappa shape index (κ3) is 5.93. The fraction of sp³-hybridized carbons (Fsp3) is 0.448. The van der Waals surface area contributed by atoms with E-state index in [2.05, 4.69) is 32.6 Å². The van der Waals surface area contributed by atoms with Gasteiger partial charge in [-0.25, -0.2) is 0 Å². The summed E-state index contributed by atoms with van der Waals surface area (Å²) in [6.07, 6.45) is 0.0272. The largest absolute Gasteiger partial charge is 0.507 e. The van der Waals surface area contributed by atoms with Gasteiger partial charge in [0.2, 0.25) is 0 Å². The normalized spacial score (nSPS) is 17.7. The monoisotopic (exact) mass is 478 g/mol. The highest BCUT2D eigenvalue weighted by Crippen LogP contribution is 2.39. The van der Waals surface area contributed by atoms with Crippen molar-refractivity contribution in [3.05, 3.63) is 70.8 Å². The molecule has 0 spiro atoms. The van der Waals surface area contributed by atoms with Crippen LogP contribution in [0.3, 0.4) is 0 Å². The van der Waals surface area contributed by atoms with Crippen LogP contribution in [-0.4, -0.2) is 58.9 Å². The number of aliphatic hydroxyl groups excluding tert-OH is 1. The molecule has 0 aromatic heterocycles. The van der Waals surface area contributed by atoms with E-state index in [1.165, 1.54) is 5.56 Å². The van der Waals surface area contributed by atoms with E-state index in [0.29, 0.717) is 30.3 Å². The zero-order chi connectivity index (χ0) is 25.7. The summed E-state index contributed by atoms with van der Waals surface area (Å²) in [4.78, 5) is 30.2. The second kappa shape index (κ2) is 11.5. The summed E-state index contributed by atoms with van der Waals surface area (Å²) in [5.74, 6) is -0.344. The van der Waals surface area contributed by atoms with Gasteiger partial charge in [0, 0.05) is 18.7 Å². The number of likely N-dealkylation sites (tertiary alicyclic amines) is 1. The summed E-state index contributed by atoms with van der Waals surface area (Å²) in [6, 6.07) is 14.3. The number of ether oxygens (including phenoxy) is 1. The maximum atomic E-state index is 13.2. The topological polar surface area (TPSA) is 70.1 Å². The van der Waals surface area contributed by atoms with Crippen LogP contribution in [-0.2, 0) is 9.59 Å². The molecule has 0 radical (unpaired) electrons. The van der Waals surface area contributed by atoms with Crippen LogP contribution < -0.4 is 4.74 Å². The van der Waals surface area contributed by atoms with E-state index in [4.69, 9.17) is 4.74 Å². The van der Waals surface area contributed by atoms with Crippen molar-refractivity contribution in [2.75, 3.05) is 26.2 Å². The highest BCUT2D eigenvalue weighted by molar-refractivity contribution is 6.46. The molecule has 1 aliphatic rings. The van der Waals surface area contributed by atoms with Crippen LogP contribution in [0.25, 0.3) is 5.76 Å². The van der Waals surface area contributed by atoms with E-state index in [9.17, 15) is 14.7 Å². The predicted octanol–water partition coefficient (Wildman–Crippen LogP) is 5.36. The van der Waals surface area contributed by atoms with Crippen LogP contribution in [0.5, 0.6) is 5.75 Å². The quantitative estimate of drug-likeness (QED) is 0.283. The summed E-state index contributed by atoms with van der Waals surface area (Å²) in [5, 5.41) is 11.3. The third-order valence-corrected chi connectivity index (χ3v) is 6.51. The Bertz CT molecular complexity index is 1050. The second-order valence-electron chi connectivity index (χ2n) is 9.53. The van der Waals surface area contributed by atoms with Crippen molar-refractivity contribution >= 4 is 17.4 Å². The van der Waals surface area contributed by atoms with Crippen LogP contribution in [0.2, 0.25) is 0 Å². The van der Waals surface area contributed by atoms with Gasteiger partial charge < -0.3 is 19.6 Å². The van der Waals surface area contributed by atoms with E-state index >= 15 is 0 Å². The maximum Gasteiger partial charge on any atom is 0.295 e. The van der Waals surface area contributed by atoms with Gasteiger partial charge in [0.1, 0.15) is 11.5 Å². The molecule has 6 nitrogen and oxygen atoms in total. The van der Waals surface area contributed by atoms with Crippen molar-refractivity contribution in [2.45, 2.75) is 59.6 Å². The van der Waals surface area contributed by atoms with Crippen molar-refractivity contribution in [3.8, 4) is 5.75 Å². The molecule has 2 aromatic rings. The average molecular weight is 479 g/mol. The number of nitrogens with zero attached hydrogens (tertiary/aromatic N) is 2. The molecule has 35 heavy (non-hydrogen) atoms.